The number of hydrogen-bond donors (Lipinski definition) is 2. The van der Waals surface area contributed by atoms with E-state index < -0.39 is 27.3 Å². The second kappa shape index (κ2) is 9.81. The largest absolute Gasteiger partial charge is 0.481 e. The van der Waals surface area contributed by atoms with Crippen molar-refractivity contribution in [1.82, 2.24) is 9.71 Å². The van der Waals surface area contributed by atoms with Crippen LogP contribution in [0.1, 0.15) is 50.3 Å². The fourth-order valence-corrected chi connectivity index (χ4v) is 5.82. The molecule has 2 heterocycles. The Bertz CT molecular complexity index is 1310. The highest BCUT2D eigenvalue weighted by molar-refractivity contribution is 7.92. The van der Waals surface area contributed by atoms with E-state index in [1.807, 2.05) is 13.8 Å². The fraction of sp³-hybridized carbons (Fsp3) is 0.333. The first-order valence-electron chi connectivity index (χ1n) is 10.5. The number of rotatable bonds is 8. The monoisotopic (exact) mass is 506 g/mol. The lowest BCUT2D eigenvalue weighted by Gasteiger charge is -2.18. The lowest BCUT2D eigenvalue weighted by Crippen LogP contribution is -2.32. The molecule has 34 heavy (non-hydrogen) atoms. The number of aliphatic hydroxyl groups is 1. The summed E-state index contributed by atoms with van der Waals surface area (Å²) >= 11 is 0.913. The number of benzene rings is 1. The van der Waals surface area contributed by atoms with E-state index >= 15 is 0 Å². The van der Waals surface area contributed by atoms with Crippen molar-refractivity contribution in [2.24, 2.45) is 0 Å². The number of amides is 1. The van der Waals surface area contributed by atoms with Crippen molar-refractivity contribution in [3.63, 3.8) is 0 Å². The lowest BCUT2D eigenvalue weighted by molar-refractivity contribution is -0.118. The average Bonchev–Trinajstić information content (AvgIpc) is 3.26. The topological polar surface area (TPSA) is 106 Å². The van der Waals surface area contributed by atoms with E-state index in [0.29, 0.717) is 33.7 Å². The molecule has 0 aliphatic carbocycles. The molecular formula is C24H27FN2O5S2. The molecule has 182 valence electrons. The Balaban J connectivity index is 1.98. The van der Waals surface area contributed by atoms with Gasteiger partial charge in [-0.2, -0.15) is 0 Å². The highest BCUT2D eigenvalue weighted by atomic mass is 32.2. The van der Waals surface area contributed by atoms with Crippen molar-refractivity contribution in [2.75, 3.05) is 7.11 Å². The molecule has 3 rings (SSSR count). The van der Waals surface area contributed by atoms with Crippen molar-refractivity contribution >= 4 is 27.3 Å². The molecule has 2 N–H and O–H groups in total. The van der Waals surface area contributed by atoms with Crippen molar-refractivity contribution in [1.29, 1.82) is 0 Å². The van der Waals surface area contributed by atoms with Gasteiger partial charge in [0.15, 0.2) is 0 Å². The van der Waals surface area contributed by atoms with Crippen LogP contribution in [0.2, 0.25) is 0 Å². The maximum absolute atomic E-state index is 14.5. The first-order chi connectivity index (χ1) is 15.8. The van der Waals surface area contributed by atoms with E-state index in [1.54, 1.807) is 26.0 Å². The van der Waals surface area contributed by atoms with E-state index in [1.165, 1.54) is 36.9 Å². The minimum atomic E-state index is -4.14. The average molecular weight is 507 g/mol. The van der Waals surface area contributed by atoms with Crippen molar-refractivity contribution in [3.05, 3.63) is 64.4 Å². The molecule has 10 heteroatoms. The summed E-state index contributed by atoms with van der Waals surface area (Å²) in [5.41, 5.74) is 1.37. The van der Waals surface area contributed by atoms with Crippen LogP contribution < -0.4 is 9.46 Å². The van der Waals surface area contributed by atoms with Gasteiger partial charge in [-0.1, -0.05) is 13.8 Å². The smallest absolute Gasteiger partial charge is 0.273 e. The molecule has 0 aliphatic heterocycles. The molecule has 0 radical (unpaired) electrons. The molecule has 1 aromatic carbocycles. The summed E-state index contributed by atoms with van der Waals surface area (Å²) < 4.78 is 47.3. The number of halogens is 1. The molecule has 0 unspecified atom stereocenters. The molecule has 0 fully saturated rings. The highest BCUT2D eigenvalue weighted by Crippen LogP contribution is 2.33. The molecule has 3 aromatic rings. The van der Waals surface area contributed by atoms with Crippen LogP contribution in [0.5, 0.6) is 5.88 Å². The fourth-order valence-electron chi connectivity index (χ4n) is 3.49. The number of aromatic nitrogens is 1. The van der Waals surface area contributed by atoms with Gasteiger partial charge in [-0.05, 0) is 77.2 Å². The molecule has 2 aromatic heterocycles. The summed E-state index contributed by atoms with van der Waals surface area (Å²) in [6.45, 7) is 6.82. The van der Waals surface area contributed by atoms with Gasteiger partial charge in [0.05, 0.1) is 19.1 Å². The van der Waals surface area contributed by atoms with Crippen molar-refractivity contribution in [2.45, 2.75) is 49.8 Å². The standard InChI is InChI=1S/C24H27FN2O5S2/c1-14(2)18-10-17(25)11-19(15-6-7-26-22(8-15)32-5)20(18)12-21(28)27-34(30,31)23-9-16(13-33-23)24(3,4)29/h6-11,13-14,29H,12H2,1-5H3,(H,27,28). The zero-order chi connectivity index (χ0) is 25.3. The lowest BCUT2D eigenvalue weighted by atomic mass is 9.88. The molecule has 0 bridgehead atoms. The molecule has 0 atom stereocenters. The third kappa shape index (κ3) is 5.81. The predicted octanol–water partition coefficient (Wildman–Crippen LogP) is 4.36. The summed E-state index contributed by atoms with van der Waals surface area (Å²) in [5, 5.41) is 11.6. The predicted molar refractivity (Wildman–Crippen MR) is 129 cm³/mol. The van der Waals surface area contributed by atoms with E-state index in [0.717, 1.165) is 11.3 Å². The van der Waals surface area contributed by atoms with E-state index in [4.69, 9.17) is 4.74 Å². The Morgan fingerprint density at radius 2 is 1.97 bits per heavy atom. The Hall–Kier alpha value is -2.82. The van der Waals surface area contributed by atoms with Gasteiger partial charge < -0.3 is 9.84 Å². The Morgan fingerprint density at radius 1 is 1.26 bits per heavy atom. The molecule has 0 aliphatic rings. The van der Waals surface area contributed by atoms with Gasteiger partial charge in [-0.3, -0.25) is 4.79 Å². The van der Waals surface area contributed by atoms with Crippen LogP contribution in [0.4, 0.5) is 4.39 Å². The van der Waals surface area contributed by atoms with Crippen LogP contribution in [0.25, 0.3) is 11.1 Å². The van der Waals surface area contributed by atoms with Crippen LogP contribution in [-0.4, -0.2) is 31.5 Å². The number of methoxy groups -OCH3 is 1. The van der Waals surface area contributed by atoms with Crippen LogP contribution in [0, 0.1) is 5.82 Å². The van der Waals surface area contributed by atoms with Gasteiger partial charge in [-0.25, -0.2) is 22.5 Å². The second-order valence-electron chi connectivity index (χ2n) is 8.68. The van der Waals surface area contributed by atoms with E-state index in [-0.39, 0.29) is 16.5 Å². The Morgan fingerprint density at radius 3 is 2.56 bits per heavy atom. The molecule has 0 saturated carbocycles. The van der Waals surface area contributed by atoms with Crippen molar-refractivity contribution < 1.29 is 27.4 Å². The van der Waals surface area contributed by atoms with Gasteiger partial charge in [0.1, 0.15) is 10.0 Å². The van der Waals surface area contributed by atoms with Gasteiger partial charge in [0, 0.05) is 12.3 Å². The number of thiophene rings is 1. The van der Waals surface area contributed by atoms with Crippen LogP contribution in [0.15, 0.2) is 46.1 Å². The number of hydrogen-bond acceptors (Lipinski definition) is 7. The molecular weight excluding hydrogens is 479 g/mol. The summed E-state index contributed by atoms with van der Waals surface area (Å²) in [5.74, 6) is -1.02. The summed E-state index contributed by atoms with van der Waals surface area (Å²) in [4.78, 5) is 17.0. The summed E-state index contributed by atoms with van der Waals surface area (Å²) in [6.07, 6.45) is 1.23. The minimum absolute atomic E-state index is 0.0831. The number of pyridine rings is 1. The number of ether oxygens (including phenoxy) is 1. The van der Waals surface area contributed by atoms with E-state index in [2.05, 4.69) is 9.71 Å². The number of nitrogens with one attached hydrogen (secondary N) is 1. The van der Waals surface area contributed by atoms with Gasteiger partial charge in [0.2, 0.25) is 11.8 Å². The Labute approximate surface area is 202 Å². The van der Waals surface area contributed by atoms with Gasteiger partial charge in [-0.15, -0.1) is 11.3 Å². The molecule has 0 saturated heterocycles. The number of carbonyl (C=O) groups excluding carboxylic acids is 1. The molecule has 1 amide bonds. The zero-order valence-electron chi connectivity index (χ0n) is 19.5. The molecule has 0 spiro atoms. The van der Waals surface area contributed by atoms with Crippen LogP contribution in [-0.2, 0) is 26.8 Å². The molecule has 7 nitrogen and oxygen atoms in total. The Kier molecular flexibility index (Phi) is 7.44. The number of sulfonamides is 1. The van der Waals surface area contributed by atoms with Crippen LogP contribution in [0.3, 0.4) is 0 Å². The second-order valence-corrected chi connectivity index (χ2v) is 11.5. The quantitative estimate of drug-likeness (QED) is 0.470. The maximum Gasteiger partial charge on any atom is 0.273 e. The third-order valence-electron chi connectivity index (χ3n) is 5.26. The first kappa shape index (κ1) is 25.8. The number of carbonyl (C=O) groups is 1. The maximum atomic E-state index is 14.5. The summed E-state index contributed by atoms with van der Waals surface area (Å²) in [6, 6.07) is 7.31. The third-order valence-corrected chi connectivity index (χ3v) is 8.07. The normalized spacial score (nSPS) is 12.1. The van der Waals surface area contributed by atoms with Gasteiger partial charge in [0.25, 0.3) is 10.0 Å². The van der Waals surface area contributed by atoms with Crippen molar-refractivity contribution in [3.8, 4) is 17.0 Å². The summed E-state index contributed by atoms with van der Waals surface area (Å²) in [7, 11) is -2.68. The minimum Gasteiger partial charge on any atom is -0.481 e. The first-order valence-corrected chi connectivity index (χ1v) is 12.9. The van der Waals surface area contributed by atoms with Gasteiger partial charge >= 0.3 is 0 Å². The zero-order valence-corrected chi connectivity index (χ0v) is 21.2. The number of nitrogens with zero attached hydrogens (tertiary/aromatic N) is 1. The van der Waals surface area contributed by atoms with E-state index in [9.17, 15) is 22.7 Å². The SMILES string of the molecule is COc1cc(-c2cc(F)cc(C(C)C)c2CC(=O)NS(=O)(=O)c2cc(C(C)(C)O)cs2)ccn1. The van der Waals surface area contributed by atoms with Crippen LogP contribution >= 0.6 is 11.3 Å². The highest BCUT2D eigenvalue weighted by Gasteiger charge is 2.26.